The van der Waals surface area contributed by atoms with Gasteiger partial charge in [-0.1, -0.05) is 13.3 Å². The van der Waals surface area contributed by atoms with E-state index >= 15 is 0 Å². The summed E-state index contributed by atoms with van der Waals surface area (Å²) in [7, 11) is 1.85. The van der Waals surface area contributed by atoms with Crippen molar-refractivity contribution < 1.29 is 21.1 Å². The SMILES string of the molecule is CC[C-]=C1CCc2cccn2C1=NC.[W]. The Morgan fingerprint density at radius 1 is 1.47 bits per heavy atom. The fraction of sp³-hybridized carbons (Fsp3) is 0.417. The Hall–Kier alpha value is -0.622. The summed E-state index contributed by atoms with van der Waals surface area (Å²) >= 11 is 0. The van der Waals surface area contributed by atoms with Gasteiger partial charge in [-0.2, -0.15) is 5.57 Å². The topological polar surface area (TPSA) is 17.3 Å². The Labute approximate surface area is 105 Å². The average Bonchev–Trinajstić information content (AvgIpc) is 2.66. The van der Waals surface area contributed by atoms with Gasteiger partial charge in [-0.25, -0.2) is 0 Å². The maximum Gasteiger partial charge on any atom is 0.00922 e. The van der Waals surface area contributed by atoms with Crippen molar-refractivity contribution in [3.63, 3.8) is 0 Å². The van der Waals surface area contributed by atoms with Crippen LogP contribution in [-0.4, -0.2) is 17.5 Å². The van der Waals surface area contributed by atoms with E-state index in [-0.39, 0.29) is 21.1 Å². The zero-order chi connectivity index (χ0) is 9.97. The Balaban J connectivity index is 0.00000112. The summed E-state index contributed by atoms with van der Waals surface area (Å²) in [5, 5.41) is 0. The second kappa shape index (κ2) is 5.46. The maximum atomic E-state index is 4.34. The predicted molar refractivity (Wildman–Crippen MR) is 58.6 cm³/mol. The Bertz CT molecular complexity index is 388. The molecule has 80 valence electrons. The molecule has 0 spiro atoms. The Kier molecular flexibility index (Phi) is 4.53. The van der Waals surface area contributed by atoms with Crippen molar-refractivity contribution in [3.8, 4) is 0 Å². The number of fused-ring (bicyclic) bond motifs is 1. The third-order valence-corrected chi connectivity index (χ3v) is 2.56. The van der Waals surface area contributed by atoms with E-state index in [2.05, 4.69) is 40.9 Å². The molecule has 0 amide bonds. The van der Waals surface area contributed by atoms with Crippen LogP contribution in [0.15, 0.2) is 28.9 Å². The largest absolute Gasteiger partial charge is 0.385 e. The molecule has 1 aliphatic heterocycles. The van der Waals surface area contributed by atoms with Crippen LogP contribution >= 0.6 is 0 Å². The van der Waals surface area contributed by atoms with Gasteiger partial charge in [0, 0.05) is 33.8 Å². The third kappa shape index (κ3) is 2.31. The van der Waals surface area contributed by atoms with Gasteiger partial charge in [-0.3, -0.25) is 6.08 Å². The molecule has 0 saturated heterocycles. The number of aromatic nitrogens is 1. The van der Waals surface area contributed by atoms with Crippen LogP contribution in [0, 0.1) is 6.08 Å². The average molecular weight is 371 g/mol. The minimum absolute atomic E-state index is 0. The first-order chi connectivity index (χ1) is 6.86. The molecule has 1 aliphatic rings. The molecule has 0 N–H and O–H groups in total. The zero-order valence-corrected chi connectivity index (χ0v) is 12.1. The quantitative estimate of drug-likeness (QED) is 0.675. The van der Waals surface area contributed by atoms with Crippen LogP contribution < -0.4 is 0 Å². The van der Waals surface area contributed by atoms with Gasteiger partial charge in [0.25, 0.3) is 0 Å². The normalized spacial score (nSPS) is 20.1. The molecule has 2 heterocycles. The number of nitrogens with zero attached hydrogens (tertiary/aromatic N) is 2. The summed E-state index contributed by atoms with van der Waals surface area (Å²) in [4.78, 5) is 4.34. The van der Waals surface area contributed by atoms with Crippen LogP contribution in [0.4, 0.5) is 0 Å². The summed E-state index contributed by atoms with van der Waals surface area (Å²) in [6.45, 7) is 2.12. The maximum absolute atomic E-state index is 4.34. The summed E-state index contributed by atoms with van der Waals surface area (Å²) in [5.74, 6) is 1.07. The van der Waals surface area contributed by atoms with Crippen LogP contribution in [0.5, 0.6) is 0 Å². The number of rotatable bonds is 1. The van der Waals surface area contributed by atoms with E-state index in [4.69, 9.17) is 0 Å². The molecule has 0 unspecified atom stereocenters. The van der Waals surface area contributed by atoms with E-state index in [1.54, 1.807) is 0 Å². The Morgan fingerprint density at radius 3 is 2.93 bits per heavy atom. The van der Waals surface area contributed by atoms with Crippen molar-refractivity contribution in [3.05, 3.63) is 35.7 Å². The molecule has 0 fully saturated rings. The van der Waals surface area contributed by atoms with Gasteiger partial charge in [0.2, 0.25) is 0 Å². The number of allylic oxidation sites excluding steroid dienone is 2. The Morgan fingerprint density at radius 2 is 2.27 bits per heavy atom. The summed E-state index contributed by atoms with van der Waals surface area (Å²) in [6, 6.07) is 4.24. The third-order valence-electron chi connectivity index (χ3n) is 2.56. The van der Waals surface area contributed by atoms with E-state index in [1.807, 2.05) is 7.05 Å². The molecule has 2 nitrogen and oxygen atoms in total. The second-order valence-corrected chi connectivity index (χ2v) is 3.43. The standard InChI is InChI=1S/C12H15N2.W/c1-3-5-10-7-8-11-6-4-9-14(11)12(10)13-2;/h4,6,9H,3,7-8H2,1-2H3;/q-1;. The molecule has 0 aromatic carbocycles. The van der Waals surface area contributed by atoms with Crippen LogP contribution in [0.25, 0.3) is 0 Å². The van der Waals surface area contributed by atoms with E-state index in [0.29, 0.717) is 0 Å². The molecule has 1 aromatic heterocycles. The first kappa shape index (κ1) is 12.4. The molecule has 0 radical (unpaired) electrons. The van der Waals surface area contributed by atoms with Crippen LogP contribution in [-0.2, 0) is 27.5 Å². The minimum atomic E-state index is 0. The van der Waals surface area contributed by atoms with E-state index in [1.165, 1.54) is 11.3 Å². The molecule has 0 bridgehead atoms. The van der Waals surface area contributed by atoms with Gasteiger partial charge >= 0.3 is 0 Å². The molecule has 0 aliphatic carbocycles. The van der Waals surface area contributed by atoms with Crippen LogP contribution in [0.2, 0.25) is 0 Å². The number of hydrogen-bond acceptors (Lipinski definition) is 1. The fourth-order valence-corrected chi connectivity index (χ4v) is 1.96. The molecule has 0 atom stereocenters. The summed E-state index contributed by atoms with van der Waals surface area (Å²) < 4.78 is 2.17. The van der Waals surface area contributed by atoms with Gasteiger partial charge in [-0.15, -0.1) is 6.42 Å². The van der Waals surface area contributed by atoms with Crippen LogP contribution in [0.1, 0.15) is 25.5 Å². The van der Waals surface area contributed by atoms with Crippen molar-refractivity contribution in [2.24, 2.45) is 4.99 Å². The number of aliphatic imine (C=N–C) groups is 1. The predicted octanol–water partition coefficient (Wildman–Crippen LogP) is 2.45. The van der Waals surface area contributed by atoms with Crippen molar-refractivity contribution >= 4 is 5.84 Å². The number of aryl methyl sites for hydroxylation is 1. The van der Waals surface area contributed by atoms with Crippen molar-refractivity contribution in [1.82, 2.24) is 4.57 Å². The smallest absolute Gasteiger partial charge is 0.00922 e. The van der Waals surface area contributed by atoms with E-state index in [0.717, 1.165) is 25.1 Å². The van der Waals surface area contributed by atoms with Gasteiger partial charge < -0.3 is 9.56 Å². The molecular formula is C12H15N2W-. The van der Waals surface area contributed by atoms with Gasteiger partial charge in [0.05, 0.1) is 0 Å². The minimum Gasteiger partial charge on any atom is -0.385 e. The molecule has 1 aromatic rings. The first-order valence-electron chi connectivity index (χ1n) is 5.10. The van der Waals surface area contributed by atoms with E-state index in [9.17, 15) is 0 Å². The number of hydrogen-bond donors (Lipinski definition) is 0. The molecule has 2 rings (SSSR count). The van der Waals surface area contributed by atoms with Crippen molar-refractivity contribution in [2.75, 3.05) is 7.05 Å². The molecule has 0 saturated carbocycles. The van der Waals surface area contributed by atoms with Crippen molar-refractivity contribution in [2.45, 2.75) is 26.2 Å². The fourth-order valence-electron chi connectivity index (χ4n) is 1.96. The van der Waals surface area contributed by atoms with Crippen LogP contribution in [0.3, 0.4) is 0 Å². The van der Waals surface area contributed by atoms with Gasteiger partial charge in [0.15, 0.2) is 0 Å². The molecule has 15 heavy (non-hydrogen) atoms. The second-order valence-electron chi connectivity index (χ2n) is 3.43. The zero-order valence-electron chi connectivity index (χ0n) is 9.16. The van der Waals surface area contributed by atoms with Gasteiger partial charge in [-0.05, 0) is 30.6 Å². The summed E-state index contributed by atoms with van der Waals surface area (Å²) in [6.07, 6.45) is 8.60. The molecule has 3 heteroatoms. The first-order valence-corrected chi connectivity index (χ1v) is 5.10. The monoisotopic (exact) mass is 371 g/mol. The van der Waals surface area contributed by atoms with E-state index < -0.39 is 0 Å². The molecular weight excluding hydrogens is 356 g/mol. The van der Waals surface area contributed by atoms with Gasteiger partial charge in [0.1, 0.15) is 0 Å². The summed E-state index contributed by atoms with van der Waals surface area (Å²) in [5.41, 5.74) is 2.62. The van der Waals surface area contributed by atoms with Crippen molar-refractivity contribution in [1.29, 1.82) is 0 Å².